The minimum atomic E-state index is -5.06. The monoisotopic (exact) mass is 451 g/mol. The van der Waals surface area contributed by atoms with Crippen molar-refractivity contribution in [3.8, 4) is 0 Å². The number of imidazole rings is 1. The minimum absolute atomic E-state index is 0.0457. The van der Waals surface area contributed by atoms with E-state index in [1.807, 2.05) is 0 Å². The third-order valence-corrected chi connectivity index (χ3v) is 6.27. The van der Waals surface area contributed by atoms with Crippen LogP contribution in [0.5, 0.6) is 0 Å². The van der Waals surface area contributed by atoms with Gasteiger partial charge in [-0.15, -0.1) is 0 Å². The highest BCUT2D eigenvalue weighted by Crippen LogP contribution is 2.48. The Bertz CT molecular complexity index is 1190. The van der Waals surface area contributed by atoms with Crippen LogP contribution >= 0.6 is 0 Å². The standard InChI is InChI=1S/C21H18F5N5O/c22-11-3-4-14(23)12(8-11)13-10-30-7-1-2-16(30)19(13)15-5-6-17-27-9-18(31(17)29-15)28-20(32)21(24,25)26/h3-6,8-9,13,16,19H,1-2,7,10H2,(H,28,32)/t13?,16?,19-/m0/s1. The van der Waals surface area contributed by atoms with Gasteiger partial charge < -0.3 is 5.32 Å². The Morgan fingerprint density at radius 1 is 1.16 bits per heavy atom. The quantitative estimate of drug-likeness (QED) is 0.615. The number of rotatable bonds is 3. The van der Waals surface area contributed by atoms with Gasteiger partial charge in [0.25, 0.3) is 0 Å². The normalized spacial score (nSPS) is 23.6. The summed E-state index contributed by atoms with van der Waals surface area (Å²) in [4.78, 5) is 17.6. The van der Waals surface area contributed by atoms with Crippen LogP contribution in [0.3, 0.4) is 0 Å². The van der Waals surface area contributed by atoms with Gasteiger partial charge in [0.05, 0.1) is 11.9 Å². The number of nitrogens with one attached hydrogen (secondary N) is 1. The number of fused-ring (bicyclic) bond motifs is 2. The van der Waals surface area contributed by atoms with Crippen molar-refractivity contribution < 1.29 is 26.7 Å². The van der Waals surface area contributed by atoms with Gasteiger partial charge in [0, 0.05) is 24.4 Å². The Balaban J connectivity index is 1.56. The summed E-state index contributed by atoms with van der Waals surface area (Å²) < 4.78 is 67.8. The minimum Gasteiger partial charge on any atom is -0.301 e. The van der Waals surface area contributed by atoms with Crippen molar-refractivity contribution in [3.05, 3.63) is 59.4 Å². The number of hydrogen-bond acceptors (Lipinski definition) is 4. The van der Waals surface area contributed by atoms with Gasteiger partial charge in [0.2, 0.25) is 0 Å². The summed E-state index contributed by atoms with van der Waals surface area (Å²) in [6, 6.07) is 6.69. The van der Waals surface area contributed by atoms with Crippen molar-refractivity contribution in [1.29, 1.82) is 0 Å². The fourth-order valence-electron chi connectivity index (χ4n) is 4.95. The molecular weight excluding hydrogens is 433 g/mol. The average Bonchev–Trinajstić information content (AvgIpc) is 3.43. The first-order valence-electron chi connectivity index (χ1n) is 10.1. The molecular formula is C21H18F5N5O. The number of nitrogens with zero attached hydrogens (tertiary/aromatic N) is 4. The predicted octanol–water partition coefficient (Wildman–Crippen LogP) is 3.85. The predicted molar refractivity (Wildman–Crippen MR) is 104 cm³/mol. The average molecular weight is 451 g/mol. The van der Waals surface area contributed by atoms with Crippen molar-refractivity contribution in [1.82, 2.24) is 19.5 Å². The zero-order chi connectivity index (χ0) is 22.6. The number of halogens is 5. The van der Waals surface area contributed by atoms with E-state index in [9.17, 15) is 26.7 Å². The lowest BCUT2D eigenvalue weighted by Crippen LogP contribution is -2.30. The largest absolute Gasteiger partial charge is 0.471 e. The van der Waals surface area contributed by atoms with Gasteiger partial charge in [0.1, 0.15) is 11.6 Å². The van der Waals surface area contributed by atoms with Crippen molar-refractivity contribution in [2.45, 2.75) is 36.9 Å². The highest BCUT2D eigenvalue weighted by atomic mass is 19.4. The van der Waals surface area contributed by atoms with Crippen molar-refractivity contribution in [2.75, 3.05) is 18.4 Å². The summed E-state index contributed by atoms with van der Waals surface area (Å²) in [6.45, 7) is 1.35. The number of hydrogen-bond donors (Lipinski definition) is 1. The van der Waals surface area contributed by atoms with Gasteiger partial charge in [-0.05, 0) is 55.3 Å². The van der Waals surface area contributed by atoms with Crippen LogP contribution in [0.15, 0.2) is 36.5 Å². The molecule has 11 heteroatoms. The lowest BCUT2D eigenvalue weighted by Gasteiger charge is -2.23. The van der Waals surface area contributed by atoms with Crippen LogP contribution in [0.4, 0.5) is 27.8 Å². The van der Waals surface area contributed by atoms with Gasteiger partial charge in [-0.1, -0.05) is 0 Å². The summed E-state index contributed by atoms with van der Waals surface area (Å²) in [6.07, 6.45) is -2.16. The van der Waals surface area contributed by atoms with Crippen LogP contribution in [0.1, 0.15) is 35.9 Å². The summed E-state index contributed by atoms with van der Waals surface area (Å²) >= 11 is 0. The van der Waals surface area contributed by atoms with E-state index in [0.29, 0.717) is 12.2 Å². The number of anilines is 1. The molecule has 1 amide bonds. The highest BCUT2D eigenvalue weighted by Gasteiger charge is 2.47. The lowest BCUT2D eigenvalue weighted by molar-refractivity contribution is -0.167. The Hall–Kier alpha value is -3.08. The van der Waals surface area contributed by atoms with Crippen molar-refractivity contribution >= 4 is 17.4 Å². The van der Waals surface area contributed by atoms with E-state index in [2.05, 4.69) is 15.0 Å². The van der Waals surface area contributed by atoms with Crippen LogP contribution < -0.4 is 5.32 Å². The molecule has 2 saturated heterocycles. The second kappa shape index (κ2) is 7.51. The van der Waals surface area contributed by atoms with E-state index in [1.54, 1.807) is 17.4 Å². The van der Waals surface area contributed by atoms with Gasteiger partial charge >= 0.3 is 12.1 Å². The van der Waals surface area contributed by atoms with Crippen LogP contribution in [0, 0.1) is 11.6 Å². The zero-order valence-electron chi connectivity index (χ0n) is 16.6. The van der Waals surface area contributed by atoms with Crippen molar-refractivity contribution in [2.24, 2.45) is 0 Å². The molecule has 6 nitrogen and oxygen atoms in total. The summed E-state index contributed by atoms with van der Waals surface area (Å²) in [7, 11) is 0. The van der Waals surface area contributed by atoms with E-state index < -0.39 is 23.7 Å². The molecule has 3 aromatic rings. The maximum Gasteiger partial charge on any atom is 0.471 e. The molecule has 2 aromatic heterocycles. The number of alkyl halides is 3. The fourth-order valence-corrected chi connectivity index (χ4v) is 4.95. The molecule has 2 fully saturated rings. The van der Waals surface area contributed by atoms with E-state index in [0.717, 1.165) is 42.2 Å². The molecule has 0 bridgehead atoms. The number of carbonyl (C=O) groups is 1. The van der Waals surface area contributed by atoms with Gasteiger partial charge in [0.15, 0.2) is 11.5 Å². The Morgan fingerprint density at radius 3 is 2.75 bits per heavy atom. The SMILES string of the molecule is O=C(Nc1cnc2ccc([C@@H]3C(c4cc(F)ccc4F)CN4CCCC34)nn12)C(F)(F)F. The molecule has 0 saturated carbocycles. The molecule has 2 unspecified atom stereocenters. The van der Waals surface area contributed by atoms with E-state index in [4.69, 9.17) is 0 Å². The maximum atomic E-state index is 14.6. The third-order valence-electron chi connectivity index (χ3n) is 6.27. The second-order valence-corrected chi connectivity index (χ2v) is 8.13. The smallest absolute Gasteiger partial charge is 0.301 e. The molecule has 2 aliphatic heterocycles. The topological polar surface area (TPSA) is 62.5 Å². The van der Waals surface area contributed by atoms with Crippen LogP contribution in [0.2, 0.25) is 0 Å². The van der Waals surface area contributed by atoms with E-state index >= 15 is 0 Å². The third kappa shape index (κ3) is 3.50. The van der Waals surface area contributed by atoms with E-state index in [-0.39, 0.29) is 34.9 Å². The Morgan fingerprint density at radius 2 is 1.97 bits per heavy atom. The summed E-state index contributed by atoms with van der Waals surface area (Å²) in [5, 5.41) is 6.25. The first kappa shape index (κ1) is 20.8. The number of benzene rings is 1. The molecule has 1 N–H and O–H groups in total. The fraction of sp³-hybridized carbons (Fsp3) is 0.381. The van der Waals surface area contributed by atoms with Gasteiger partial charge in [-0.2, -0.15) is 22.8 Å². The van der Waals surface area contributed by atoms with Crippen LogP contribution in [-0.4, -0.2) is 50.7 Å². The molecule has 3 atom stereocenters. The molecule has 0 aliphatic carbocycles. The zero-order valence-corrected chi connectivity index (χ0v) is 16.6. The highest BCUT2D eigenvalue weighted by molar-refractivity contribution is 5.94. The molecule has 0 radical (unpaired) electrons. The molecule has 1 aromatic carbocycles. The second-order valence-electron chi connectivity index (χ2n) is 8.13. The Kier molecular flexibility index (Phi) is 4.88. The first-order valence-corrected chi connectivity index (χ1v) is 10.1. The molecule has 32 heavy (non-hydrogen) atoms. The van der Waals surface area contributed by atoms with E-state index in [1.165, 1.54) is 6.07 Å². The van der Waals surface area contributed by atoms with Gasteiger partial charge in [-0.25, -0.2) is 13.8 Å². The number of carbonyl (C=O) groups excluding carboxylic acids is 1. The molecule has 5 rings (SSSR count). The molecule has 2 aliphatic rings. The maximum absolute atomic E-state index is 14.6. The van der Waals surface area contributed by atoms with Crippen molar-refractivity contribution in [3.63, 3.8) is 0 Å². The number of aromatic nitrogens is 3. The molecule has 0 spiro atoms. The lowest BCUT2D eigenvalue weighted by atomic mass is 9.81. The molecule has 168 valence electrons. The van der Waals surface area contributed by atoms with Crippen LogP contribution in [0.25, 0.3) is 5.65 Å². The number of amides is 1. The van der Waals surface area contributed by atoms with Gasteiger partial charge in [-0.3, -0.25) is 9.69 Å². The van der Waals surface area contributed by atoms with Crippen LogP contribution in [-0.2, 0) is 4.79 Å². The Labute approximate surface area is 179 Å². The summed E-state index contributed by atoms with van der Waals surface area (Å²) in [5.74, 6) is -4.08. The first-order chi connectivity index (χ1) is 15.2. The summed E-state index contributed by atoms with van der Waals surface area (Å²) in [5.41, 5.74) is 1.02. The molecule has 4 heterocycles.